The Labute approximate surface area is 136 Å². The second kappa shape index (κ2) is 6.86. The molecule has 0 atom stereocenters. The van der Waals surface area contributed by atoms with Gasteiger partial charge in [0.05, 0.1) is 5.56 Å². The van der Waals surface area contributed by atoms with Crippen molar-refractivity contribution in [1.29, 1.82) is 0 Å². The van der Waals surface area contributed by atoms with E-state index in [9.17, 15) is 9.90 Å². The average molecular weight is 310 g/mol. The largest absolute Gasteiger partial charge is 0.478 e. The maximum atomic E-state index is 11.8. The molecule has 2 aromatic rings. The number of hydrogen-bond donors (Lipinski definition) is 1. The van der Waals surface area contributed by atoms with E-state index < -0.39 is 5.97 Å². The van der Waals surface area contributed by atoms with Gasteiger partial charge in [-0.25, -0.2) is 4.79 Å². The lowest BCUT2D eigenvalue weighted by atomic mass is 9.90. The van der Waals surface area contributed by atoms with E-state index in [1.165, 1.54) is 12.8 Å². The molecule has 1 aliphatic heterocycles. The maximum Gasteiger partial charge on any atom is 0.336 e. The fourth-order valence-electron chi connectivity index (χ4n) is 3.22. The van der Waals surface area contributed by atoms with Crippen LogP contribution in [0.1, 0.15) is 59.7 Å². The molecule has 1 aliphatic rings. The molecule has 120 valence electrons. The lowest BCUT2D eigenvalue weighted by Gasteiger charge is -2.23. The Morgan fingerprint density at radius 1 is 1.09 bits per heavy atom. The summed E-state index contributed by atoms with van der Waals surface area (Å²) in [6.45, 7) is 2.18. The van der Waals surface area contributed by atoms with Crippen molar-refractivity contribution in [3.63, 3.8) is 0 Å². The van der Waals surface area contributed by atoms with Crippen molar-refractivity contribution in [3.8, 4) is 11.5 Å². The normalized spacial score (nSPS) is 12.2. The number of aromatic carboxylic acids is 1. The minimum atomic E-state index is -0.852. The summed E-state index contributed by atoms with van der Waals surface area (Å²) in [6.07, 6.45) is 5.99. The lowest BCUT2D eigenvalue weighted by Crippen LogP contribution is -2.12. The van der Waals surface area contributed by atoms with Gasteiger partial charge in [0.1, 0.15) is 11.5 Å². The summed E-state index contributed by atoms with van der Waals surface area (Å²) >= 11 is 0. The molecule has 23 heavy (non-hydrogen) atoms. The number of carboxylic acid groups (broad SMARTS) is 1. The number of hydrogen-bond acceptors (Lipinski definition) is 2. The summed E-state index contributed by atoms with van der Waals surface area (Å²) in [6, 6.07) is 11.7. The smallest absolute Gasteiger partial charge is 0.336 e. The predicted molar refractivity (Wildman–Crippen MR) is 90.6 cm³/mol. The molecule has 2 aromatic carbocycles. The molecular formula is C20H22O3. The minimum Gasteiger partial charge on any atom is -0.478 e. The highest BCUT2D eigenvalue weighted by Gasteiger charge is 2.24. The van der Waals surface area contributed by atoms with Gasteiger partial charge in [0.25, 0.3) is 0 Å². The van der Waals surface area contributed by atoms with Gasteiger partial charge in [0.15, 0.2) is 0 Å². The Morgan fingerprint density at radius 3 is 2.70 bits per heavy atom. The first-order chi connectivity index (χ1) is 11.2. The van der Waals surface area contributed by atoms with Gasteiger partial charge in [-0.1, -0.05) is 50.5 Å². The molecule has 0 aromatic heterocycles. The van der Waals surface area contributed by atoms with Crippen LogP contribution in [0.5, 0.6) is 11.5 Å². The van der Waals surface area contributed by atoms with Crippen molar-refractivity contribution in [2.75, 3.05) is 0 Å². The van der Waals surface area contributed by atoms with Crippen molar-refractivity contribution in [2.45, 2.75) is 45.4 Å². The first kappa shape index (κ1) is 15.6. The van der Waals surface area contributed by atoms with E-state index in [1.54, 1.807) is 0 Å². The molecule has 0 radical (unpaired) electrons. The number of ether oxygens (including phenoxy) is 1. The van der Waals surface area contributed by atoms with Crippen LogP contribution in [0.3, 0.4) is 0 Å². The number of carbonyl (C=O) groups is 1. The zero-order valence-electron chi connectivity index (χ0n) is 13.5. The summed E-state index contributed by atoms with van der Waals surface area (Å²) in [7, 11) is 0. The van der Waals surface area contributed by atoms with E-state index in [0.29, 0.717) is 17.7 Å². The van der Waals surface area contributed by atoms with Gasteiger partial charge in [-0.3, -0.25) is 0 Å². The molecule has 0 saturated carbocycles. The molecule has 3 nitrogen and oxygen atoms in total. The van der Waals surface area contributed by atoms with Crippen LogP contribution in [-0.4, -0.2) is 11.1 Å². The summed E-state index contributed by atoms with van der Waals surface area (Å²) < 4.78 is 5.90. The van der Waals surface area contributed by atoms with Gasteiger partial charge in [0, 0.05) is 12.0 Å². The minimum absolute atomic E-state index is 0.438. The molecule has 1 heterocycles. The Morgan fingerprint density at radius 2 is 1.91 bits per heavy atom. The third-order valence-corrected chi connectivity index (χ3v) is 4.43. The average Bonchev–Trinajstić information content (AvgIpc) is 2.56. The van der Waals surface area contributed by atoms with E-state index >= 15 is 0 Å². The van der Waals surface area contributed by atoms with Crippen molar-refractivity contribution >= 4 is 5.97 Å². The molecule has 0 spiro atoms. The number of unbranched alkanes of at least 4 members (excludes halogenated alkanes) is 3. The van der Waals surface area contributed by atoms with Crippen molar-refractivity contribution in [1.82, 2.24) is 0 Å². The Hall–Kier alpha value is -2.29. The van der Waals surface area contributed by atoms with E-state index in [4.69, 9.17) is 4.74 Å². The molecule has 3 heteroatoms. The van der Waals surface area contributed by atoms with Gasteiger partial charge in [-0.15, -0.1) is 0 Å². The molecule has 0 saturated heterocycles. The van der Waals surface area contributed by atoms with Gasteiger partial charge in [-0.05, 0) is 36.1 Å². The van der Waals surface area contributed by atoms with Crippen LogP contribution in [-0.2, 0) is 12.8 Å². The predicted octanol–water partition coefficient (Wildman–Crippen LogP) is 5.20. The molecule has 3 rings (SSSR count). The van der Waals surface area contributed by atoms with Gasteiger partial charge >= 0.3 is 5.97 Å². The fraction of sp³-hybridized carbons (Fsp3) is 0.350. The van der Waals surface area contributed by atoms with Crippen LogP contribution in [0, 0.1) is 0 Å². The van der Waals surface area contributed by atoms with Crippen LogP contribution in [0.15, 0.2) is 36.4 Å². The molecule has 0 fully saturated rings. The van der Waals surface area contributed by atoms with Gasteiger partial charge in [-0.2, -0.15) is 0 Å². The third kappa shape index (κ3) is 3.24. The van der Waals surface area contributed by atoms with Crippen molar-refractivity contribution < 1.29 is 14.6 Å². The second-order valence-electron chi connectivity index (χ2n) is 6.08. The highest BCUT2D eigenvalue weighted by Crippen LogP contribution is 2.39. The Balaban J connectivity index is 1.92. The highest BCUT2D eigenvalue weighted by atomic mass is 16.5. The summed E-state index contributed by atoms with van der Waals surface area (Å²) in [5.41, 5.74) is 3.22. The zero-order chi connectivity index (χ0) is 16.2. The fourth-order valence-corrected chi connectivity index (χ4v) is 3.22. The number of para-hydroxylation sites is 1. The van der Waals surface area contributed by atoms with Crippen LogP contribution in [0.2, 0.25) is 0 Å². The molecule has 1 N–H and O–H groups in total. The van der Waals surface area contributed by atoms with E-state index in [0.717, 1.165) is 41.7 Å². The van der Waals surface area contributed by atoms with Crippen LogP contribution >= 0.6 is 0 Å². The monoisotopic (exact) mass is 310 g/mol. The van der Waals surface area contributed by atoms with Crippen molar-refractivity contribution in [2.24, 2.45) is 0 Å². The summed E-state index contributed by atoms with van der Waals surface area (Å²) in [5, 5.41) is 9.72. The quantitative estimate of drug-likeness (QED) is 0.636. The number of fused-ring (bicyclic) bond motifs is 2. The van der Waals surface area contributed by atoms with Crippen LogP contribution in [0.25, 0.3) is 0 Å². The first-order valence-corrected chi connectivity index (χ1v) is 8.34. The molecule has 0 bridgehead atoms. The van der Waals surface area contributed by atoms with Gasteiger partial charge < -0.3 is 9.84 Å². The zero-order valence-corrected chi connectivity index (χ0v) is 13.5. The topological polar surface area (TPSA) is 46.5 Å². The first-order valence-electron chi connectivity index (χ1n) is 8.34. The van der Waals surface area contributed by atoms with E-state index in [1.807, 2.05) is 36.4 Å². The summed E-state index contributed by atoms with van der Waals surface area (Å²) in [5.74, 6) is 0.653. The molecule has 0 unspecified atom stereocenters. The lowest BCUT2D eigenvalue weighted by molar-refractivity contribution is 0.0694. The number of carboxylic acids is 1. The Bertz CT molecular complexity index is 719. The summed E-state index contributed by atoms with van der Waals surface area (Å²) in [4.78, 5) is 11.8. The SMILES string of the molecule is CCCCCCc1ccc2c(c1C(=O)O)Cc1ccccc1O2. The molecule has 0 aliphatic carbocycles. The molecule has 0 amide bonds. The van der Waals surface area contributed by atoms with Crippen LogP contribution < -0.4 is 4.74 Å². The second-order valence-corrected chi connectivity index (χ2v) is 6.08. The van der Waals surface area contributed by atoms with E-state index in [-0.39, 0.29) is 0 Å². The van der Waals surface area contributed by atoms with Crippen LogP contribution in [0.4, 0.5) is 0 Å². The third-order valence-electron chi connectivity index (χ3n) is 4.43. The Kier molecular flexibility index (Phi) is 4.65. The highest BCUT2D eigenvalue weighted by molar-refractivity contribution is 5.92. The van der Waals surface area contributed by atoms with E-state index in [2.05, 4.69) is 6.92 Å². The van der Waals surface area contributed by atoms with Gasteiger partial charge in [0.2, 0.25) is 0 Å². The number of rotatable bonds is 6. The van der Waals surface area contributed by atoms with Crippen molar-refractivity contribution in [3.05, 3.63) is 58.7 Å². The number of aryl methyl sites for hydroxylation is 1. The number of benzene rings is 2. The standard InChI is InChI=1S/C20H22O3/c1-2-3-4-5-8-14-11-12-18-16(19(14)20(21)22)13-15-9-6-7-10-17(15)23-18/h6-7,9-12H,2-5,8,13H2,1H3,(H,21,22). The molecular weight excluding hydrogens is 288 g/mol. The maximum absolute atomic E-state index is 11.8.